The predicted molar refractivity (Wildman–Crippen MR) is 81.7 cm³/mol. The summed E-state index contributed by atoms with van der Waals surface area (Å²) in [6.07, 6.45) is -4.24. The molecule has 0 saturated carbocycles. The minimum absolute atomic E-state index is 0.0656. The van der Waals surface area contributed by atoms with Gasteiger partial charge in [0.05, 0.1) is 0 Å². The zero-order valence-corrected chi connectivity index (χ0v) is 13.5. The van der Waals surface area contributed by atoms with E-state index >= 15 is 0 Å². The van der Waals surface area contributed by atoms with E-state index in [1.165, 1.54) is 22.7 Å². The molecular formula is C15H10ClF3N4O2. The first-order valence-electron chi connectivity index (χ1n) is 7.28. The normalized spacial score (nSPS) is 16.8. The Morgan fingerprint density at radius 2 is 2.12 bits per heavy atom. The zero-order valence-electron chi connectivity index (χ0n) is 12.7. The van der Waals surface area contributed by atoms with Crippen molar-refractivity contribution in [3.05, 3.63) is 35.0 Å². The molecular weight excluding hydrogens is 361 g/mol. The van der Waals surface area contributed by atoms with Gasteiger partial charge in [0.25, 0.3) is 0 Å². The van der Waals surface area contributed by atoms with E-state index in [2.05, 4.69) is 20.0 Å². The lowest BCUT2D eigenvalue weighted by Gasteiger charge is -2.09. The quantitative estimate of drug-likeness (QED) is 0.689. The van der Waals surface area contributed by atoms with Crippen LogP contribution >= 0.6 is 11.6 Å². The monoisotopic (exact) mass is 370 g/mol. The minimum atomic E-state index is -4.78. The lowest BCUT2D eigenvalue weighted by atomic mass is 10.2. The van der Waals surface area contributed by atoms with Gasteiger partial charge >= 0.3 is 6.36 Å². The molecule has 1 atom stereocenters. The fraction of sp³-hybridized carbons (Fsp3) is 0.267. The molecule has 1 aliphatic rings. The molecule has 10 heteroatoms. The molecule has 2 aromatic heterocycles. The Bertz CT molecular complexity index is 973. The average Bonchev–Trinajstić information content (AvgIpc) is 3.09. The summed E-state index contributed by atoms with van der Waals surface area (Å²) in [7, 11) is 0. The zero-order chi connectivity index (χ0) is 17.8. The average molecular weight is 371 g/mol. The van der Waals surface area contributed by atoms with E-state index in [1.54, 1.807) is 6.07 Å². The van der Waals surface area contributed by atoms with Crippen molar-refractivity contribution in [2.75, 3.05) is 0 Å². The van der Waals surface area contributed by atoms with Gasteiger partial charge in [0.2, 0.25) is 5.65 Å². The highest BCUT2D eigenvalue weighted by atomic mass is 35.5. The smallest absolute Gasteiger partial charge is 0.486 e. The standard InChI is InChI=1S/C15H10ClF3N4O2/c1-7-5-10-11(24-7)14-21-20-13(23(14)22-12(10)16)8-3-2-4-9(6-8)25-15(17,18)19/h2-4,6-7H,5H2,1H3. The number of hydrogen-bond acceptors (Lipinski definition) is 5. The van der Waals surface area contributed by atoms with Crippen LogP contribution < -0.4 is 9.47 Å². The van der Waals surface area contributed by atoms with Crippen molar-refractivity contribution < 1.29 is 22.6 Å². The predicted octanol–water partition coefficient (Wildman–Crippen LogP) is 3.67. The van der Waals surface area contributed by atoms with E-state index in [0.29, 0.717) is 23.4 Å². The molecule has 6 nitrogen and oxygen atoms in total. The van der Waals surface area contributed by atoms with Gasteiger partial charge in [-0.25, -0.2) is 0 Å². The number of hydrogen-bond donors (Lipinski definition) is 0. The molecule has 0 spiro atoms. The van der Waals surface area contributed by atoms with Crippen molar-refractivity contribution in [1.29, 1.82) is 0 Å². The molecule has 0 saturated heterocycles. The van der Waals surface area contributed by atoms with Crippen LogP contribution in [-0.4, -0.2) is 32.3 Å². The van der Waals surface area contributed by atoms with E-state index in [1.807, 2.05) is 6.92 Å². The first kappa shape index (κ1) is 15.9. The largest absolute Gasteiger partial charge is 0.573 e. The van der Waals surface area contributed by atoms with Gasteiger partial charge in [-0.15, -0.1) is 23.4 Å². The lowest BCUT2D eigenvalue weighted by Crippen LogP contribution is -2.17. The van der Waals surface area contributed by atoms with Crippen LogP contribution in [0.3, 0.4) is 0 Å². The van der Waals surface area contributed by atoms with Crippen molar-refractivity contribution in [1.82, 2.24) is 19.8 Å². The van der Waals surface area contributed by atoms with E-state index in [4.69, 9.17) is 16.3 Å². The van der Waals surface area contributed by atoms with Crippen LogP contribution in [0.1, 0.15) is 12.5 Å². The van der Waals surface area contributed by atoms with Crippen molar-refractivity contribution in [3.8, 4) is 22.9 Å². The minimum Gasteiger partial charge on any atom is -0.486 e. The molecule has 0 fully saturated rings. The highest BCUT2D eigenvalue weighted by Gasteiger charge is 2.32. The van der Waals surface area contributed by atoms with Gasteiger partial charge < -0.3 is 9.47 Å². The van der Waals surface area contributed by atoms with Crippen LogP contribution in [0.15, 0.2) is 24.3 Å². The van der Waals surface area contributed by atoms with Gasteiger partial charge in [-0.2, -0.15) is 9.61 Å². The van der Waals surface area contributed by atoms with Crippen LogP contribution in [0.2, 0.25) is 5.15 Å². The Balaban J connectivity index is 1.82. The molecule has 1 aliphatic heterocycles. The summed E-state index contributed by atoms with van der Waals surface area (Å²) in [5, 5.41) is 12.6. The molecule has 3 aromatic rings. The number of alkyl halides is 3. The van der Waals surface area contributed by atoms with Crippen LogP contribution in [0, 0.1) is 0 Å². The number of aromatic nitrogens is 4. The van der Waals surface area contributed by atoms with Crippen LogP contribution in [0.25, 0.3) is 17.0 Å². The molecule has 130 valence electrons. The van der Waals surface area contributed by atoms with Gasteiger partial charge in [0.1, 0.15) is 11.9 Å². The molecule has 4 rings (SSSR count). The highest BCUT2D eigenvalue weighted by molar-refractivity contribution is 6.30. The number of ether oxygens (including phenoxy) is 2. The Morgan fingerprint density at radius 1 is 1.32 bits per heavy atom. The summed E-state index contributed by atoms with van der Waals surface area (Å²) in [5.74, 6) is 0.364. The van der Waals surface area contributed by atoms with Gasteiger partial charge in [0.15, 0.2) is 16.7 Å². The summed E-state index contributed by atoms with van der Waals surface area (Å²) < 4.78 is 48.2. The van der Waals surface area contributed by atoms with Crippen LogP contribution in [0.5, 0.6) is 11.5 Å². The maximum atomic E-state index is 12.4. The Labute approximate surface area is 144 Å². The van der Waals surface area contributed by atoms with Crippen molar-refractivity contribution in [2.24, 2.45) is 0 Å². The van der Waals surface area contributed by atoms with Crippen molar-refractivity contribution >= 4 is 17.2 Å². The molecule has 25 heavy (non-hydrogen) atoms. The number of halogens is 4. The Kier molecular flexibility index (Phi) is 3.50. The van der Waals surface area contributed by atoms with Gasteiger partial charge in [-0.05, 0) is 19.1 Å². The van der Waals surface area contributed by atoms with E-state index in [9.17, 15) is 13.2 Å². The molecule has 1 aromatic carbocycles. The SMILES string of the molecule is CC1Cc2c(Cl)nn3c(-c4cccc(OC(F)(F)F)c4)nnc3c2O1. The first-order valence-corrected chi connectivity index (χ1v) is 7.66. The van der Waals surface area contributed by atoms with Gasteiger partial charge in [-0.1, -0.05) is 23.7 Å². The Morgan fingerprint density at radius 3 is 2.88 bits per heavy atom. The molecule has 0 amide bonds. The summed E-state index contributed by atoms with van der Waals surface area (Å²) >= 11 is 6.21. The third kappa shape index (κ3) is 2.84. The second kappa shape index (κ2) is 5.48. The number of fused-ring (bicyclic) bond motifs is 3. The maximum absolute atomic E-state index is 12.4. The molecule has 1 unspecified atom stereocenters. The van der Waals surface area contributed by atoms with E-state index < -0.39 is 6.36 Å². The molecule has 3 heterocycles. The second-order valence-corrected chi connectivity index (χ2v) is 5.92. The van der Waals surface area contributed by atoms with Crippen LogP contribution in [-0.2, 0) is 6.42 Å². The third-order valence-electron chi connectivity index (χ3n) is 3.69. The van der Waals surface area contributed by atoms with Gasteiger partial charge in [-0.3, -0.25) is 0 Å². The second-order valence-electron chi connectivity index (χ2n) is 5.57. The fourth-order valence-electron chi connectivity index (χ4n) is 2.74. The van der Waals surface area contributed by atoms with Crippen LogP contribution in [0.4, 0.5) is 13.2 Å². The summed E-state index contributed by atoms with van der Waals surface area (Å²) in [6.45, 7) is 1.89. The van der Waals surface area contributed by atoms with E-state index in [0.717, 1.165) is 5.56 Å². The number of benzene rings is 1. The van der Waals surface area contributed by atoms with Crippen molar-refractivity contribution in [2.45, 2.75) is 25.8 Å². The third-order valence-corrected chi connectivity index (χ3v) is 3.99. The molecule has 0 aliphatic carbocycles. The first-order chi connectivity index (χ1) is 11.8. The number of rotatable bonds is 2. The summed E-state index contributed by atoms with van der Waals surface area (Å²) in [4.78, 5) is 0. The highest BCUT2D eigenvalue weighted by Crippen LogP contribution is 2.37. The van der Waals surface area contributed by atoms with E-state index in [-0.39, 0.29) is 22.8 Å². The molecule has 0 bridgehead atoms. The molecule has 0 radical (unpaired) electrons. The summed E-state index contributed by atoms with van der Waals surface area (Å²) in [6, 6.07) is 5.40. The van der Waals surface area contributed by atoms with Gasteiger partial charge in [0, 0.05) is 17.5 Å². The maximum Gasteiger partial charge on any atom is 0.573 e. The van der Waals surface area contributed by atoms with Crippen molar-refractivity contribution in [3.63, 3.8) is 0 Å². The Hall–Kier alpha value is -2.55. The lowest BCUT2D eigenvalue weighted by molar-refractivity contribution is -0.274. The summed E-state index contributed by atoms with van der Waals surface area (Å²) in [5.41, 5.74) is 1.46. The number of nitrogens with zero attached hydrogens (tertiary/aromatic N) is 4. The fourth-order valence-corrected chi connectivity index (χ4v) is 2.97. The topological polar surface area (TPSA) is 61.5 Å². The molecule has 0 N–H and O–H groups in total.